The van der Waals surface area contributed by atoms with Crippen molar-refractivity contribution in [3.8, 4) is 6.07 Å². The Kier molecular flexibility index (Phi) is 6.31. The Morgan fingerprint density at radius 2 is 1.81 bits per heavy atom. The molecule has 2 aromatic rings. The molecular formula is C27H26F4N4O2. The minimum atomic E-state index is -4.81. The molecule has 1 heterocycles. The van der Waals surface area contributed by atoms with Gasteiger partial charge in [-0.25, -0.2) is 4.39 Å². The average molecular weight is 515 g/mol. The topological polar surface area (TPSA) is 76.4 Å². The second-order valence-electron chi connectivity index (χ2n) is 10.2. The summed E-state index contributed by atoms with van der Waals surface area (Å²) in [6, 6.07) is 8.54. The number of carbonyl (C=O) groups excluding carboxylic acids is 2. The first kappa shape index (κ1) is 26.2. The molecule has 0 radical (unpaired) electrons. The van der Waals surface area contributed by atoms with Crippen molar-refractivity contribution in [1.82, 2.24) is 5.32 Å². The van der Waals surface area contributed by atoms with Gasteiger partial charge in [0.15, 0.2) is 0 Å². The maximum absolute atomic E-state index is 15.0. The highest BCUT2D eigenvalue weighted by Crippen LogP contribution is 2.52. The van der Waals surface area contributed by atoms with E-state index in [0.717, 1.165) is 29.5 Å². The first-order valence-corrected chi connectivity index (χ1v) is 11.7. The van der Waals surface area contributed by atoms with E-state index in [0.29, 0.717) is 19.3 Å². The van der Waals surface area contributed by atoms with Crippen LogP contribution in [0.25, 0.3) is 0 Å². The third-order valence-corrected chi connectivity index (χ3v) is 7.13. The number of benzene rings is 2. The van der Waals surface area contributed by atoms with E-state index < -0.39 is 40.5 Å². The molecule has 0 aromatic heterocycles. The van der Waals surface area contributed by atoms with Crippen LogP contribution >= 0.6 is 0 Å². The van der Waals surface area contributed by atoms with Crippen molar-refractivity contribution >= 4 is 23.2 Å². The van der Waals surface area contributed by atoms with Gasteiger partial charge in [0, 0.05) is 12.7 Å². The SMILES string of the molecule is C=C1N(c2ccc(C#N)c(C(F)(F)F)c2)C(=O)C2(CCCC(C)(C)C2)N1c1ccc(C(=O)NC)c(F)c1. The van der Waals surface area contributed by atoms with E-state index in [4.69, 9.17) is 0 Å². The number of hydrogen-bond donors (Lipinski definition) is 1. The minimum absolute atomic E-state index is 0.0626. The largest absolute Gasteiger partial charge is 0.417 e. The molecule has 2 aliphatic rings. The lowest BCUT2D eigenvalue weighted by Crippen LogP contribution is -2.54. The third-order valence-electron chi connectivity index (χ3n) is 7.13. The molecule has 1 saturated carbocycles. The minimum Gasteiger partial charge on any atom is -0.355 e. The fourth-order valence-electron chi connectivity index (χ4n) is 5.60. The number of nitriles is 1. The second-order valence-corrected chi connectivity index (χ2v) is 10.2. The maximum Gasteiger partial charge on any atom is 0.417 e. The number of nitrogens with zero attached hydrogens (tertiary/aromatic N) is 3. The highest BCUT2D eigenvalue weighted by atomic mass is 19.4. The van der Waals surface area contributed by atoms with Gasteiger partial charge in [-0.15, -0.1) is 0 Å². The zero-order valence-electron chi connectivity index (χ0n) is 20.7. The average Bonchev–Trinajstić information content (AvgIpc) is 3.02. The summed E-state index contributed by atoms with van der Waals surface area (Å²) < 4.78 is 56.1. The van der Waals surface area contributed by atoms with E-state index in [-0.39, 0.29) is 28.2 Å². The Bertz CT molecular complexity index is 1340. The van der Waals surface area contributed by atoms with E-state index >= 15 is 0 Å². The van der Waals surface area contributed by atoms with Crippen molar-refractivity contribution in [2.24, 2.45) is 5.41 Å². The fraction of sp³-hybridized carbons (Fsp3) is 0.370. The van der Waals surface area contributed by atoms with Gasteiger partial charge in [-0.2, -0.15) is 18.4 Å². The summed E-state index contributed by atoms with van der Waals surface area (Å²) in [5, 5.41) is 11.5. The number of alkyl halides is 3. The van der Waals surface area contributed by atoms with Gasteiger partial charge in [0.25, 0.3) is 11.8 Å². The molecular weight excluding hydrogens is 488 g/mol. The lowest BCUT2D eigenvalue weighted by atomic mass is 9.67. The van der Waals surface area contributed by atoms with Crippen LogP contribution in [0.3, 0.4) is 0 Å². The summed E-state index contributed by atoms with van der Waals surface area (Å²) in [5.74, 6) is -1.84. The maximum atomic E-state index is 15.0. The fourth-order valence-corrected chi connectivity index (χ4v) is 5.60. The number of halogens is 4. The molecule has 1 saturated heterocycles. The number of rotatable bonds is 3. The zero-order valence-corrected chi connectivity index (χ0v) is 20.7. The van der Waals surface area contributed by atoms with Crippen molar-refractivity contribution < 1.29 is 27.2 Å². The number of hydrogen-bond acceptors (Lipinski definition) is 4. The summed E-state index contributed by atoms with van der Waals surface area (Å²) in [5.41, 5.74) is -3.24. The first-order valence-electron chi connectivity index (χ1n) is 11.7. The predicted octanol–water partition coefficient (Wildman–Crippen LogP) is 5.74. The highest BCUT2D eigenvalue weighted by molar-refractivity contribution is 6.10. The second kappa shape index (κ2) is 8.91. The Morgan fingerprint density at radius 3 is 2.38 bits per heavy atom. The van der Waals surface area contributed by atoms with Crippen LogP contribution in [0.5, 0.6) is 0 Å². The molecule has 1 spiro atoms. The summed E-state index contributed by atoms with van der Waals surface area (Å²) in [7, 11) is 1.38. The monoisotopic (exact) mass is 514 g/mol. The Morgan fingerprint density at radius 1 is 1.14 bits per heavy atom. The van der Waals surface area contributed by atoms with Gasteiger partial charge in [-0.3, -0.25) is 14.5 Å². The van der Waals surface area contributed by atoms with Gasteiger partial charge in [0.1, 0.15) is 17.2 Å². The summed E-state index contributed by atoms with van der Waals surface area (Å²) >= 11 is 0. The number of nitrogens with one attached hydrogen (secondary N) is 1. The Balaban J connectivity index is 1.89. The summed E-state index contributed by atoms with van der Waals surface area (Å²) in [6.45, 7) is 8.05. The number of amides is 2. The van der Waals surface area contributed by atoms with Crippen LogP contribution in [-0.2, 0) is 11.0 Å². The normalized spacial score (nSPS) is 21.4. The smallest absolute Gasteiger partial charge is 0.355 e. The van der Waals surface area contributed by atoms with Crippen molar-refractivity contribution in [2.45, 2.75) is 51.2 Å². The molecule has 4 rings (SSSR count). The van der Waals surface area contributed by atoms with Crippen molar-refractivity contribution in [1.29, 1.82) is 5.26 Å². The van der Waals surface area contributed by atoms with E-state index in [1.165, 1.54) is 31.3 Å². The summed E-state index contributed by atoms with van der Waals surface area (Å²) in [6.07, 6.45) is -2.58. The molecule has 6 nitrogen and oxygen atoms in total. The molecule has 1 N–H and O–H groups in total. The van der Waals surface area contributed by atoms with E-state index in [2.05, 4.69) is 11.9 Å². The molecule has 37 heavy (non-hydrogen) atoms. The lowest BCUT2D eigenvalue weighted by Gasteiger charge is -2.46. The first-order chi connectivity index (χ1) is 17.3. The van der Waals surface area contributed by atoms with Gasteiger partial charge in [-0.05, 0) is 61.1 Å². The van der Waals surface area contributed by atoms with Crippen LogP contribution < -0.4 is 15.1 Å². The third kappa shape index (κ3) is 4.32. The van der Waals surface area contributed by atoms with Gasteiger partial charge in [0.2, 0.25) is 0 Å². The zero-order chi connectivity index (χ0) is 27.3. The van der Waals surface area contributed by atoms with E-state index in [1.54, 1.807) is 4.90 Å². The van der Waals surface area contributed by atoms with Gasteiger partial charge < -0.3 is 10.2 Å². The van der Waals surface area contributed by atoms with E-state index in [9.17, 15) is 32.4 Å². The van der Waals surface area contributed by atoms with Crippen molar-refractivity contribution in [3.63, 3.8) is 0 Å². The predicted molar refractivity (Wildman–Crippen MR) is 130 cm³/mol. The van der Waals surface area contributed by atoms with Crippen LogP contribution in [-0.4, -0.2) is 24.4 Å². The number of carbonyl (C=O) groups is 2. The quantitative estimate of drug-likeness (QED) is 0.530. The molecule has 1 unspecified atom stereocenters. The van der Waals surface area contributed by atoms with Crippen LogP contribution in [0.2, 0.25) is 0 Å². The Hall–Kier alpha value is -3.87. The van der Waals surface area contributed by atoms with Crippen LogP contribution in [0.15, 0.2) is 48.8 Å². The van der Waals surface area contributed by atoms with Crippen LogP contribution in [0, 0.1) is 22.6 Å². The van der Waals surface area contributed by atoms with Crippen molar-refractivity contribution in [3.05, 3.63) is 71.3 Å². The lowest BCUT2D eigenvalue weighted by molar-refractivity contribution is -0.137. The molecule has 0 bridgehead atoms. The molecule has 10 heteroatoms. The molecule has 1 atom stereocenters. The van der Waals surface area contributed by atoms with Gasteiger partial charge >= 0.3 is 6.18 Å². The Labute approximate surface area is 212 Å². The van der Waals surface area contributed by atoms with Crippen molar-refractivity contribution in [2.75, 3.05) is 16.8 Å². The molecule has 2 amide bonds. The standard InChI is InChI=1S/C27H26F4N4O2/c1-16-34(18-7-6-17(14-32)21(12-18)27(29,30)31)24(37)26(11-5-10-25(2,3)15-26)35(16)19-8-9-20(22(28)13-19)23(36)33-4/h6-9,12-13H,1,5,10-11,15H2,2-4H3,(H,33,36). The summed E-state index contributed by atoms with van der Waals surface area (Å²) in [4.78, 5) is 28.8. The molecule has 1 aliphatic heterocycles. The van der Waals surface area contributed by atoms with E-state index in [1.807, 2.05) is 13.8 Å². The molecule has 2 fully saturated rings. The van der Waals surface area contributed by atoms with Gasteiger partial charge in [-0.1, -0.05) is 26.8 Å². The highest BCUT2D eigenvalue weighted by Gasteiger charge is 2.58. The van der Waals surface area contributed by atoms with Crippen LogP contribution in [0.4, 0.5) is 28.9 Å². The molecule has 1 aliphatic carbocycles. The molecule has 2 aromatic carbocycles. The van der Waals surface area contributed by atoms with Crippen LogP contribution in [0.1, 0.15) is 61.0 Å². The van der Waals surface area contributed by atoms with Gasteiger partial charge in [0.05, 0.1) is 28.4 Å². The molecule has 194 valence electrons. The number of anilines is 2.